The fraction of sp³-hybridized carbons (Fsp3) is 0.583. The van der Waals surface area contributed by atoms with Crippen molar-refractivity contribution in [2.45, 2.75) is 65.7 Å². The summed E-state index contributed by atoms with van der Waals surface area (Å²) in [6.45, 7) is 9.74. The van der Waals surface area contributed by atoms with Crippen LogP contribution < -0.4 is 5.32 Å². The van der Waals surface area contributed by atoms with E-state index >= 15 is 0 Å². The zero-order valence-electron chi connectivity index (χ0n) is 18.9. The fourth-order valence-electron chi connectivity index (χ4n) is 5.35. The normalized spacial score (nSPS) is 24.4. The second kappa shape index (κ2) is 9.13. The topological polar surface area (TPSA) is 97.5 Å². The minimum absolute atomic E-state index is 0. The number of urea groups is 1. The van der Waals surface area contributed by atoms with E-state index in [1.807, 2.05) is 11.8 Å². The number of pyridine rings is 1. The second-order valence-corrected chi connectivity index (χ2v) is 9.47. The van der Waals surface area contributed by atoms with Gasteiger partial charge < -0.3 is 15.1 Å². The number of piperazine rings is 1. The first-order chi connectivity index (χ1) is 15.4. The number of H-pyrrole nitrogens is 1. The highest BCUT2D eigenvalue weighted by molar-refractivity contribution is 6.02. The number of hydrogen-bond acceptors (Lipinski definition) is 5. The molecule has 2 N–H and O–H groups in total. The SMILES string of the molecule is C.CC(C)[C@H]1CN2CCC[C@H]2CN1C(=O)N1Cc2c(NC(=O)c3ccccn3)n[nH]c2C1C. The zero-order chi connectivity index (χ0) is 22.4. The molecule has 0 saturated carbocycles. The largest absolute Gasteiger partial charge is 0.321 e. The lowest BCUT2D eigenvalue weighted by Crippen LogP contribution is -2.61. The van der Waals surface area contributed by atoms with E-state index in [-0.39, 0.29) is 31.4 Å². The van der Waals surface area contributed by atoms with Gasteiger partial charge in [-0.1, -0.05) is 27.3 Å². The number of carbonyl (C=O) groups is 2. The van der Waals surface area contributed by atoms with Gasteiger partial charge in [0.25, 0.3) is 5.91 Å². The average molecular weight is 454 g/mol. The Balaban J connectivity index is 0.00000259. The van der Waals surface area contributed by atoms with Gasteiger partial charge in [0.2, 0.25) is 0 Å². The van der Waals surface area contributed by atoms with Crippen LogP contribution in [0.2, 0.25) is 0 Å². The molecule has 0 spiro atoms. The summed E-state index contributed by atoms with van der Waals surface area (Å²) in [6, 6.07) is 5.84. The molecule has 0 aliphatic carbocycles. The van der Waals surface area contributed by atoms with Crippen LogP contribution in [0.25, 0.3) is 0 Å². The molecule has 0 radical (unpaired) electrons. The van der Waals surface area contributed by atoms with Crippen molar-refractivity contribution in [1.29, 1.82) is 0 Å². The van der Waals surface area contributed by atoms with Gasteiger partial charge in [0.1, 0.15) is 5.69 Å². The first-order valence-electron chi connectivity index (χ1n) is 11.5. The number of aromatic amines is 1. The number of rotatable bonds is 3. The molecule has 5 rings (SSSR count). The molecule has 3 atom stereocenters. The van der Waals surface area contributed by atoms with E-state index in [4.69, 9.17) is 0 Å². The third-order valence-electron chi connectivity index (χ3n) is 7.23. The van der Waals surface area contributed by atoms with Crippen LogP contribution in [0.1, 0.15) is 68.8 Å². The maximum Gasteiger partial charge on any atom is 0.321 e. The highest BCUT2D eigenvalue weighted by atomic mass is 16.2. The Bertz CT molecular complexity index is 1010. The molecule has 2 aromatic heterocycles. The van der Waals surface area contributed by atoms with Crippen LogP contribution in [0, 0.1) is 5.92 Å². The van der Waals surface area contributed by atoms with Gasteiger partial charge in [0, 0.05) is 36.9 Å². The van der Waals surface area contributed by atoms with Gasteiger partial charge in [-0.05, 0) is 44.4 Å². The Morgan fingerprint density at radius 1 is 1.21 bits per heavy atom. The number of anilines is 1. The van der Waals surface area contributed by atoms with E-state index < -0.39 is 0 Å². The van der Waals surface area contributed by atoms with Crippen molar-refractivity contribution in [3.8, 4) is 0 Å². The van der Waals surface area contributed by atoms with Gasteiger partial charge >= 0.3 is 6.03 Å². The van der Waals surface area contributed by atoms with Crippen molar-refractivity contribution in [2.24, 2.45) is 5.92 Å². The molecule has 3 amide bonds. The van der Waals surface area contributed by atoms with E-state index in [9.17, 15) is 9.59 Å². The van der Waals surface area contributed by atoms with Crippen molar-refractivity contribution >= 4 is 17.8 Å². The lowest BCUT2D eigenvalue weighted by molar-refractivity contribution is 0.0347. The molecule has 0 bridgehead atoms. The third kappa shape index (κ3) is 4.10. The molecule has 0 aromatic carbocycles. The minimum Gasteiger partial charge on any atom is -0.319 e. The Morgan fingerprint density at radius 2 is 2.03 bits per heavy atom. The average Bonchev–Trinajstić information content (AvgIpc) is 3.50. The summed E-state index contributed by atoms with van der Waals surface area (Å²) in [4.78, 5) is 36.9. The van der Waals surface area contributed by atoms with Gasteiger partial charge in [-0.15, -0.1) is 0 Å². The van der Waals surface area contributed by atoms with Crippen molar-refractivity contribution in [2.75, 3.05) is 25.0 Å². The Hall–Kier alpha value is -2.94. The number of nitrogens with zero attached hydrogens (tertiary/aromatic N) is 5. The molecule has 33 heavy (non-hydrogen) atoms. The van der Waals surface area contributed by atoms with Crippen LogP contribution >= 0.6 is 0 Å². The summed E-state index contributed by atoms with van der Waals surface area (Å²) in [7, 11) is 0. The van der Waals surface area contributed by atoms with Crippen LogP contribution in [0.4, 0.5) is 10.6 Å². The molecule has 178 valence electrons. The minimum atomic E-state index is -0.311. The van der Waals surface area contributed by atoms with Crippen molar-refractivity contribution in [3.05, 3.63) is 41.3 Å². The molecule has 3 aliphatic rings. The summed E-state index contributed by atoms with van der Waals surface area (Å²) in [5.74, 6) is 0.555. The highest BCUT2D eigenvalue weighted by Crippen LogP contribution is 2.38. The van der Waals surface area contributed by atoms with Crippen molar-refractivity contribution < 1.29 is 9.59 Å². The quantitative estimate of drug-likeness (QED) is 0.741. The maximum atomic E-state index is 13.7. The monoisotopic (exact) mass is 453 g/mol. The van der Waals surface area contributed by atoms with Crippen LogP contribution in [0.15, 0.2) is 24.4 Å². The number of aromatic nitrogens is 3. The first-order valence-corrected chi connectivity index (χ1v) is 11.5. The number of carbonyl (C=O) groups excluding carboxylic acids is 2. The number of amides is 3. The molecule has 2 aromatic rings. The maximum absolute atomic E-state index is 13.7. The van der Waals surface area contributed by atoms with Gasteiger partial charge in [-0.3, -0.25) is 19.8 Å². The summed E-state index contributed by atoms with van der Waals surface area (Å²) in [5, 5.41) is 10.2. The lowest BCUT2D eigenvalue weighted by atomic mass is 9.97. The molecule has 9 heteroatoms. The van der Waals surface area contributed by atoms with Crippen molar-refractivity contribution in [1.82, 2.24) is 29.9 Å². The standard InChI is InChI=1S/C23H31N7O2.CH4/c1-14(2)19-13-28-10-6-7-16(28)11-30(19)23(32)29-12-17-20(15(29)3)26-27-21(17)25-22(31)18-8-4-5-9-24-18;/h4-5,8-9,14-16,19H,6-7,10-13H2,1-3H3,(H2,25,26,27,31);1H4/t15?,16-,19+;/m0./s1. The molecule has 3 aliphatic heterocycles. The first kappa shape index (κ1) is 23.2. The molecule has 1 unspecified atom stereocenters. The summed E-state index contributed by atoms with van der Waals surface area (Å²) in [6.07, 6.45) is 3.96. The Morgan fingerprint density at radius 3 is 2.76 bits per heavy atom. The van der Waals surface area contributed by atoms with Gasteiger partial charge in [-0.2, -0.15) is 5.10 Å². The van der Waals surface area contributed by atoms with Gasteiger partial charge in [-0.25, -0.2) is 4.79 Å². The Labute approximate surface area is 195 Å². The number of fused-ring (bicyclic) bond motifs is 2. The predicted molar refractivity (Wildman–Crippen MR) is 127 cm³/mol. The molecule has 2 saturated heterocycles. The van der Waals surface area contributed by atoms with Gasteiger partial charge in [0.15, 0.2) is 5.82 Å². The van der Waals surface area contributed by atoms with Crippen LogP contribution in [0.3, 0.4) is 0 Å². The summed E-state index contributed by atoms with van der Waals surface area (Å²) in [5.41, 5.74) is 2.09. The van der Waals surface area contributed by atoms with Crippen LogP contribution in [-0.4, -0.2) is 73.5 Å². The van der Waals surface area contributed by atoms with E-state index in [1.165, 1.54) is 6.42 Å². The smallest absolute Gasteiger partial charge is 0.319 e. The lowest BCUT2D eigenvalue weighted by Gasteiger charge is -2.47. The summed E-state index contributed by atoms with van der Waals surface area (Å²) >= 11 is 0. The highest BCUT2D eigenvalue weighted by Gasteiger charge is 2.44. The summed E-state index contributed by atoms with van der Waals surface area (Å²) < 4.78 is 0. The van der Waals surface area contributed by atoms with Gasteiger partial charge in [0.05, 0.1) is 18.3 Å². The zero-order valence-corrected chi connectivity index (χ0v) is 18.9. The molecular formula is C24H35N7O2. The molecule has 9 nitrogen and oxygen atoms in total. The fourth-order valence-corrected chi connectivity index (χ4v) is 5.35. The van der Waals surface area contributed by atoms with E-state index in [1.54, 1.807) is 24.4 Å². The number of hydrogen-bond donors (Lipinski definition) is 2. The van der Waals surface area contributed by atoms with Crippen LogP contribution in [0.5, 0.6) is 0 Å². The molecule has 5 heterocycles. The van der Waals surface area contributed by atoms with Crippen molar-refractivity contribution in [3.63, 3.8) is 0 Å². The van der Waals surface area contributed by atoms with Crippen LogP contribution in [-0.2, 0) is 6.54 Å². The van der Waals surface area contributed by atoms with E-state index in [0.29, 0.717) is 30.0 Å². The third-order valence-corrected chi connectivity index (χ3v) is 7.23. The second-order valence-electron chi connectivity index (χ2n) is 9.47. The Kier molecular flexibility index (Phi) is 6.43. The predicted octanol–water partition coefficient (Wildman–Crippen LogP) is 3.49. The molecular weight excluding hydrogens is 418 g/mol. The molecule has 2 fully saturated rings. The van der Waals surface area contributed by atoms with E-state index in [0.717, 1.165) is 37.3 Å². The van der Waals surface area contributed by atoms with E-state index in [2.05, 4.69) is 44.1 Å². The number of nitrogens with one attached hydrogen (secondary N) is 2.